The smallest absolute Gasteiger partial charge is 0.124 e. The number of fused-ring (bicyclic) bond motifs is 1. The molecule has 0 spiro atoms. The molecule has 0 amide bonds. The third-order valence-corrected chi connectivity index (χ3v) is 5.24. The third kappa shape index (κ3) is 3.03. The molecular weight excluding hydrogens is 280 g/mol. The normalized spacial score (nSPS) is 26.0. The van der Waals surface area contributed by atoms with Crippen molar-refractivity contribution >= 4 is 22.4 Å². The highest BCUT2D eigenvalue weighted by molar-refractivity contribution is 6.18. The van der Waals surface area contributed by atoms with Gasteiger partial charge >= 0.3 is 0 Å². The molecule has 21 heavy (non-hydrogen) atoms. The first-order valence-corrected chi connectivity index (χ1v) is 8.45. The molecule has 0 heterocycles. The molecule has 1 fully saturated rings. The molecule has 0 aliphatic heterocycles. The van der Waals surface area contributed by atoms with Crippen LogP contribution in [-0.2, 0) is 5.88 Å². The van der Waals surface area contributed by atoms with E-state index in [-0.39, 0.29) is 0 Å². The van der Waals surface area contributed by atoms with Gasteiger partial charge in [0.1, 0.15) is 5.75 Å². The zero-order valence-corrected chi connectivity index (χ0v) is 13.6. The average Bonchev–Trinajstić information content (AvgIpc) is 2.51. The van der Waals surface area contributed by atoms with Crippen LogP contribution in [0.1, 0.15) is 38.7 Å². The Morgan fingerprint density at radius 2 is 1.86 bits per heavy atom. The Labute approximate surface area is 132 Å². The van der Waals surface area contributed by atoms with E-state index in [9.17, 15) is 0 Å². The number of rotatable bonds is 3. The SMILES string of the molecule is CC1CCC(Oc2ccc3ccccc3c2CCl)CC1C. The van der Waals surface area contributed by atoms with Gasteiger partial charge in [-0.05, 0) is 47.9 Å². The van der Waals surface area contributed by atoms with Crippen molar-refractivity contribution in [2.24, 2.45) is 11.8 Å². The summed E-state index contributed by atoms with van der Waals surface area (Å²) in [4.78, 5) is 0. The van der Waals surface area contributed by atoms with Crippen LogP contribution >= 0.6 is 11.6 Å². The molecular formula is C19H23ClO. The second-order valence-corrected chi connectivity index (χ2v) is 6.67. The molecule has 3 rings (SSSR count). The Hall–Kier alpha value is -1.21. The van der Waals surface area contributed by atoms with E-state index in [4.69, 9.17) is 16.3 Å². The van der Waals surface area contributed by atoms with Gasteiger partial charge in [0.25, 0.3) is 0 Å². The average molecular weight is 303 g/mol. The van der Waals surface area contributed by atoms with Crippen LogP contribution in [0.15, 0.2) is 36.4 Å². The third-order valence-electron chi connectivity index (χ3n) is 4.97. The highest BCUT2D eigenvalue weighted by Crippen LogP contribution is 2.35. The minimum atomic E-state index is 0.333. The van der Waals surface area contributed by atoms with Crippen LogP contribution in [0.2, 0.25) is 0 Å². The summed E-state index contributed by atoms with van der Waals surface area (Å²) in [6, 6.07) is 12.6. The first-order chi connectivity index (χ1) is 10.2. The van der Waals surface area contributed by atoms with E-state index < -0.39 is 0 Å². The number of benzene rings is 2. The van der Waals surface area contributed by atoms with Crippen molar-refractivity contribution in [2.45, 2.75) is 45.1 Å². The van der Waals surface area contributed by atoms with Crippen LogP contribution in [0.4, 0.5) is 0 Å². The van der Waals surface area contributed by atoms with Crippen LogP contribution in [0.3, 0.4) is 0 Å². The summed E-state index contributed by atoms with van der Waals surface area (Å²) in [7, 11) is 0. The van der Waals surface area contributed by atoms with Gasteiger partial charge in [-0.25, -0.2) is 0 Å². The zero-order valence-electron chi connectivity index (χ0n) is 12.8. The summed E-state index contributed by atoms with van der Waals surface area (Å²) in [5.74, 6) is 3.02. The van der Waals surface area contributed by atoms with Gasteiger partial charge in [0.2, 0.25) is 0 Å². The quantitative estimate of drug-likeness (QED) is 0.653. The Morgan fingerprint density at radius 3 is 2.62 bits per heavy atom. The van der Waals surface area contributed by atoms with E-state index >= 15 is 0 Å². The van der Waals surface area contributed by atoms with Crippen molar-refractivity contribution in [1.82, 2.24) is 0 Å². The van der Waals surface area contributed by atoms with Crippen LogP contribution in [0, 0.1) is 11.8 Å². The molecule has 0 radical (unpaired) electrons. The number of hydrogen-bond donors (Lipinski definition) is 0. The molecule has 3 unspecified atom stereocenters. The first kappa shape index (κ1) is 14.7. The molecule has 1 aliphatic carbocycles. The van der Waals surface area contributed by atoms with E-state index in [1.54, 1.807) is 0 Å². The summed E-state index contributed by atoms with van der Waals surface area (Å²) in [6.45, 7) is 4.68. The molecule has 1 nitrogen and oxygen atoms in total. The lowest BCUT2D eigenvalue weighted by molar-refractivity contribution is 0.100. The van der Waals surface area contributed by atoms with Gasteiger partial charge in [-0.1, -0.05) is 44.2 Å². The molecule has 2 aromatic carbocycles. The lowest BCUT2D eigenvalue weighted by Gasteiger charge is -2.32. The Balaban J connectivity index is 1.87. The molecule has 2 heteroatoms. The fourth-order valence-corrected chi connectivity index (χ4v) is 3.62. The van der Waals surface area contributed by atoms with Crippen molar-refractivity contribution in [3.63, 3.8) is 0 Å². The van der Waals surface area contributed by atoms with Gasteiger partial charge in [0, 0.05) is 5.56 Å². The fourth-order valence-electron chi connectivity index (χ4n) is 3.35. The fraction of sp³-hybridized carbons (Fsp3) is 0.474. The van der Waals surface area contributed by atoms with Gasteiger partial charge in [-0.15, -0.1) is 11.6 Å². The van der Waals surface area contributed by atoms with Crippen molar-refractivity contribution < 1.29 is 4.74 Å². The molecule has 0 aromatic heterocycles. The van der Waals surface area contributed by atoms with E-state index in [1.165, 1.54) is 17.2 Å². The summed E-state index contributed by atoms with van der Waals surface area (Å²) in [5, 5.41) is 2.44. The maximum absolute atomic E-state index is 6.32. The molecule has 112 valence electrons. The van der Waals surface area contributed by atoms with Crippen LogP contribution in [0.5, 0.6) is 5.75 Å². The van der Waals surface area contributed by atoms with Gasteiger partial charge < -0.3 is 4.74 Å². The molecule has 2 aromatic rings. The number of alkyl halides is 1. The number of hydrogen-bond acceptors (Lipinski definition) is 1. The van der Waals surface area contributed by atoms with E-state index in [2.05, 4.69) is 50.2 Å². The maximum Gasteiger partial charge on any atom is 0.124 e. The van der Waals surface area contributed by atoms with Crippen LogP contribution < -0.4 is 4.74 Å². The van der Waals surface area contributed by atoms with Crippen molar-refractivity contribution in [1.29, 1.82) is 0 Å². The molecule has 0 saturated heterocycles. The van der Waals surface area contributed by atoms with Crippen molar-refractivity contribution in [2.75, 3.05) is 0 Å². The second-order valence-electron chi connectivity index (χ2n) is 6.40. The highest BCUT2D eigenvalue weighted by atomic mass is 35.5. The predicted octanol–water partition coefficient (Wildman–Crippen LogP) is 5.78. The van der Waals surface area contributed by atoms with Crippen LogP contribution in [-0.4, -0.2) is 6.10 Å². The van der Waals surface area contributed by atoms with Gasteiger partial charge in [-0.3, -0.25) is 0 Å². The largest absolute Gasteiger partial charge is 0.490 e. The topological polar surface area (TPSA) is 9.23 Å². The summed E-state index contributed by atoms with van der Waals surface area (Å²) >= 11 is 6.20. The Morgan fingerprint density at radius 1 is 1.05 bits per heavy atom. The lowest BCUT2D eigenvalue weighted by Crippen LogP contribution is -2.29. The molecule has 3 atom stereocenters. The molecule has 0 bridgehead atoms. The zero-order chi connectivity index (χ0) is 14.8. The van der Waals surface area contributed by atoms with Gasteiger partial charge in [-0.2, -0.15) is 0 Å². The number of halogens is 1. The minimum absolute atomic E-state index is 0.333. The molecule has 1 aliphatic rings. The first-order valence-electron chi connectivity index (χ1n) is 7.92. The van der Waals surface area contributed by atoms with E-state index in [0.29, 0.717) is 12.0 Å². The van der Waals surface area contributed by atoms with Crippen molar-refractivity contribution in [3.8, 4) is 5.75 Å². The van der Waals surface area contributed by atoms with Crippen LogP contribution in [0.25, 0.3) is 10.8 Å². The highest BCUT2D eigenvalue weighted by Gasteiger charge is 2.26. The summed E-state index contributed by atoms with van der Waals surface area (Å²) < 4.78 is 6.32. The monoisotopic (exact) mass is 302 g/mol. The Bertz CT molecular complexity index is 622. The standard InChI is InChI=1S/C19H23ClO/c1-13-7-9-16(11-14(13)2)21-19-10-8-15-5-3-4-6-17(15)18(19)12-20/h3-6,8,10,13-14,16H,7,9,11-12H2,1-2H3. The summed E-state index contributed by atoms with van der Waals surface area (Å²) in [5.41, 5.74) is 1.13. The van der Waals surface area contributed by atoms with Gasteiger partial charge in [0.15, 0.2) is 0 Å². The maximum atomic E-state index is 6.32. The second kappa shape index (κ2) is 6.27. The minimum Gasteiger partial charge on any atom is -0.490 e. The van der Waals surface area contributed by atoms with Gasteiger partial charge in [0.05, 0.1) is 12.0 Å². The van der Waals surface area contributed by atoms with E-state index in [1.807, 2.05) is 0 Å². The molecule has 1 saturated carbocycles. The Kier molecular flexibility index (Phi) is 4.40. The lowest BCUT2D eigenvalue weighted by atomic mass is 9.80. The van der Waals surface area contributed by atoms with Crippen molar-refractivity contribution in [3.05, 3.63) is 42.0 Å². The molecule has 0 N–H and O–H groups in total. The summed E-state index contributed by atoms with van der Waals surface area (Å²) in [6.07, 6.45) is 3.89. The predicted molar refractivity (Wildman–Crippen MR) is 90.1 cm³/mol. The van der Waals surface area contributed by atoms with E-state index in [0.717, 1.165) is 36.0 Å². The number of ether oxygens (including phenoxy) is 1.